The van der Waals surface area contributed by atoms with E-state index in [1.165, 1.54) is 12.3 Å². The fourth-order valence-corrected chi connectivity index (χ4v) is 3.17. The Morgan fingerprint density at radius 1 is 1.43 bits per heavy atom. The van der Waals surface area contributed by atoms with E-state index in [0.29, 0.717) is 23.8 Å². The first-order valence-corrected chi connectivity index (χ1v) is 8.12. The van der Waals surface area contributed by atoms with Crippen LogP contribution in [-0.2, 0) is 16.6 Å². The van der Waals surface area contributed by atoms with Crippen LogP contribution in [-0.4, -0.2) is 25.2 Å². The standard InChI is InChI=1S/C13H20N4O3S/c1-9(2)17-8-11(6-15-17)16-21(18,19)13-5-12(7-14-4)20-10(13)3/h5-6,8-9,14,16H,7H2,1-4H3. The van der Waals surface area contributed by atoms with E-state index in [4.69, 9.17) is 4.42 Å². The van der Waals surface area contributed by atoms with Gasteiger partial charge in [-0.25, -0.2) is 8.42 Å². The number of furan rings is 1. The number of hydrogen-bond acceptors (Lipinski definition) is 5. The predicted octanol–water partition coefficient (Wildman–Crippen LogP) is 1.89. The third-order valence-corrected chi connectivity index (χ3v) is 4.44. The van der Waals surface area contributed by atoms with Crippen LogP contribution in [0.25, 0.3) is 0 Å². The SMILES string of the molecule is CNCc1cc(S(=O)(=O)Nc2cnn(C(C)C)c2)c(C)o1. The Hall–Kier alpha value is -1.80. The lowest BCUT2D eigenvalue weighted by atomic mass is 10.4. The van der Waals surface area contributed by atoms with Crippen molar-refractivity contribution in [1.29, 1.82) is 0 Å². The minimum Gasteiger partial charge on any atom is -0.464 e. The van der Waals surface area contributed by atoms with Crippen LogP contribution in [0.15, 0.2) is 27.8 Å². The highest BCUT2D eigenvalue weighted by Crippen LogP contribution is 2.23. The molecule has 0 saturated carbocycles. The summed E-state index contributed by atoms with van der Waals surface area (Å²) in [5.74, 6) is 0.942. The Balaban J connectivity index is 2.25. The Bertz CT molecular complexity index is 716. The first kappa shape index (κ1) is 15.6. The van der Waals surface area contributed by atoms with Gasteiger partial charge in [-0.3, -0.25) is 9.40 Å². The molecule has 0 aromatic carbocycles. The fraction of sp³-hybridized carbons (Fsp3) is 0.462. The number of nitrogens with one attached hydrogen (secondary N) is 2. The highest BCUT2D eigenvalue weighted by molar-refractivity contribution is 7.92. The molecular formula is C13H20N4O3S. The molecule has 0 spiro atoms. The molecule has 0 saturated heterocycles. The normalized spacial score (nSPS) is 12.0. The van der Waals surface area contributed by atoms with Gasteiger partial charge in [-0.15, -0.1) is 0 Å². The van der Waals surface area contributed by atoms with E-state index in [1.54, 1.807) is 24.9 Å². The number of anilines is 1. The summed E-state index contributed by atoms with van der Waals surface area (Å²) in [5.41, 5.74) is 0.430. The van der Waals surface area contributed by atoms with Crippen molar-refractivity contribution in [3.05, 3.63) is 30.0 Å². The molecule has 2 heterocycles. The molecule has 0 atom stereocenters. The molecule has 2 aromatic heterocycles. The van der Waals surface area contributed by atoms with Crippen molar-refractivity contribution in [2.75, 3.05) is 11.8 Å². The maximum absolute atomic E-state index is 12.4. The number of nitrogens with zero attached hydrogens (tertiary/aromatic N) is 2. The summed E-state index contributed by atoms with van der Waals surface area (Å²) >= 11 is 0. The molecule has 0 unspecified atom stereocenters. The van der Waals surface area contributed by atoms with E-state index in [9.17, 15) is 8.42 Å². The van der Waals surface area contributed by atoms with Crippen molar-refractivity contribution >= 4 is 15.7 Å². The third-order valence-electron chi connectivity index (χ3n) is 2.95. The Morgan fingerprint density at radius 3 is 2.71 bits per heavy atom. The van der Waals surface area contributed by atoms with Gasteiger partial charge in [0, 0.05) is 18.3 Å². The summed E-state index contributed by atoms with van der Waals surface area (Å²) in [4.78, 5) is 0.144. The highest BCUT2D eigenvalue weighted by atomic mass is 32.2. The summed E-state index contributed by atoms with van der Waals surface area (Å²) in [6, 6.07) is 1.70. The number of rotatable bonds is 6. The maximum atomic E-state index is 12.4. The zero-order valence-corrected chi connectivity index (χ0v) is 13.4. The van der Waals surface area contributed by atoms with Gasteiger partial charge in [-0.1, -0.05) is 0 Å². The Kier molecular flexibility index (Phi) is 4.38. The number of hydrogen-bond donors (Lipinski definition) is 2. The zero-order valence-electron chi connectivity index (χ0n) is 12.5. The second-order valence-corrected chi connectivity index (χ2v) is 6.72. The third kappa shape index (κ3) is 3.45. The lowest BCUT2D eigenvalue weighted by molar-refractivity contribution is 0.466. The van der Waals surface area contributed by atoms with E-state index in [-0.39, 0.29) is 10.9 Å². The average molecular weight is 312 g/mol. The first-order chi connectivity index (χ1) is 9.83. The lowest BCUT2D eigenvalue weighted by Crippen LogP contribution is -2.13. The largest absolute Gasteiger partial charge is 0.464 e. The van der Waals surface area contributed by atoms with E-state index in [0.717, 1.165) is 0 Å². The Morgan fingerprint density at radius 2 is 2.14 bits per heavy atom. The second kappa shape index (κ2) is 5.90. The minimum absolute atomic E-state index is 0.144. The molecule has 0 radical (unpaired) electrons. The average Bonchev–Trinajstić information content (AvgIpc) is 2.96. The van der Waals surface area contributed by atoms with Crippen LogP contribution in [0.2, 0.25) is 0 Å². The van der Waals surface area contributed by atoms with Gasteiger partial charge in [0.15, 0.2) is 0 Å². The second-order valence-electron chi connectivity index (χ2n) is 5.07. The number of sulfonamides is 1. The topological polar surface area (TPSA) is 89.2 Å². The van der Waals surface area contributed by atoms with Crippen molar-refractivity contribution in [3.63, 3.8) is 0 Å². The maximum Gasteiger partial charge on any atom is 0.265 e. The summed E-state index contributed by atoms with van der Waals surface area (Å²) in [6.45, 7) is 6.04. The molecule has 2 rings (SSSR count). The van der Waals surface area contributed by atoms with Gasteiger partial charge in [0.25, 0.3) is 10.0 Å². The van der Waals surface area contributed by atoms with Gasteiger partial charge in [0.05, 0.1) is 18.4 Å². The van der Waals surface area contributed by atoms with E-state index in [2.05, 4.69) is 15.1 Å². The zero-order chi connectivity index (χ0) is 15.6. The molecule has 8 heteroatoms. The first-order valence-electron chi connectivity index (χ1n) is 6.64. The van der Waals surface area contributed by atoms with Crippen LogP contribution in [0, 0.1) is 6.92 Å². The van der Waals surface area contributed by atoms with Crippen molar-refractivity contribution in [3.8, 4) is 0 Å². The van der Waals surface area contributed by atoms with Crippen molar-refractivity contribution < 1.29 is 12.8 Å². The molecule has 0 amide bonds. The van der Waals surface area contributed by atoms with E-state index in [1.807, 2.05) is 13.8 Å². The van der Waals surface area contributed by atoms with Gasteiger partial charge >= 0.3 is 0 Å². The molecule has 21 heavy (non-hydrogen) atoms. The Labute approximate surface area is 124 Å². The smallest absolute Gasteiger partial charge is 0.265 e. The van der Waals surface area contributed by atoms with Gasteiger partial charge in [-0.2, -0.15) is 5.10 Å². The molecule has 7 nitrogen and oxygen atoms in total. The molecule has 0 fully saturated rings. The molecular weight excluding hydrogens is 292 g/mol. The van der Waals surface area contributed by atoms with Crippen molar-refractivity contribution in [2.24, 2.45) is 0 Å². The van der Waals surface area contributed by atoms with Crippen LogP contribution in [0.5, 0.6) is 0 Å². The van der Waals surface area contributed by atoms with Crippen LogP contribution < -0.4 is 10.0 Å². The molecule has 0 aliphatic rings. The van der Waals surface area contributed by atoms with Gasteiger partial charge in [-0.05, 0) is 27.8 Å². The minimum atomic E-state index is -3.68. The summed E-state index contributed by atoms with van der Waals surface area (Å²) in [5, 5.41) is 7.03. The van der Waals surface area contributed by atoms with Crippen LogP contribution in [0.1, 0.15) is 31.4 Å². The predicted molar refractivity (Wildman–Crippen MR) is 79.6 cm³/mol. The van der Waals surface area contributed by atoms with Crippen molar-refractivity contribution in [2.45, 2.75) is 38.3 Å². The summed E-state index contributed by atoms with van der Waals surface area (Å²) in [6.07, 6.45) is 3.15. The van der Waals surface area contributed by atoms with Gasteiger partial charge < -0.3 is 9.73 Å². The number of aryl methyl sites for hydroxylation is 1. The summed E-state index contributed by atoms with van der Waals surface area (Å²) < 4.78 is 34.4. The highest BCUT2D eigenvalue weighted by Gasteiger charge is 2.22. The molecule has 2 aromatic rings. The van der Waals surface area contributed by atoms with Gasteiger partial charge in [0.2, 0.25) is 0 Å². The monoisotopic (exact) mass is 312 g/mol. The van der Waals surface area contributed by atoms with Crippen LogP contribution >= 0.6 is 0 Å². The molecule has 2 N–H and O–H groups in total. The quantitative estimate of drug-likeness (QED) is 0.850. The fourth-order valence-electron chi connectivity index (χ4n) is 1.94. The van der Waals surface area contributed by atoms with Gasteiger partial charge in [0.1, 0.15) is 16.4 Å². The van der Waals surface area contributed by atoms with Crippen LogP contribution in [0.4, 0.5) is 5.69 Å². The molecule has 116 valence electrons. The molecule has 0 bridgehead atoms. The lowest BCUT2D eigenvalue weighted by Gasteiger charge is -2.05. The summed E-state index contributed by atoms with van der Waals surface area (Å²) in [7, 11) is -1.91. The van der Waals surface area contributed by atoms with E-state index < -0.39 is 10.0 Å². The van der Waals surface area contributed by atoms with Crippen LogP contribution in [0.3, 0.4) is 0 Å². The van der Waals surface area contributed by atoms with Crippen molar-refractivity contribution in [1.82, 2.24) is 15.1 Å². The number of aromatic nitrogens is 2. The molecule has 0 aliphatic carbocycles. The van der Waals surface area contributed by atoms with E-state index >= 15 is 0 Å². The molecule has 0 aliphatic heterocycles.